The van der Waals surface area contributed by atoms with E-state index in [-0.39, 0.29) is 19.3 Å². The van der Waals surface area contributed by atoms with Crippen molar-refractivity contribution >= 4 is 11.6 Å². The van der Waals surface area contributed by atoms with Crippen LogP contribution in [0.25, 0.3) is 0 Å². The van der Waals surface area contributed by atoms with Gasteiger partial charge < -0.3 is 15.6 Å². The van der Waals surface area contributed by atoms with Gasteiger partial charge in [0.05, 0.1) is 6.61 Å². The minimum atomic E-state index is -0.327. The number of hydrogen-bond acceptors (Lipinski definition) is 3. The lowest BCUT2D eigenvalue weighted by molar-refractivity contribution is 0.264. The topological polar surface area (TPSA) is 55.5 Å². The third-order valence-electron chi connectivity index (χ3n) is 2.05. The molecule has 0 heterocycles. The monoisotopic (exact) mass is 239 g/mol. The van der Waals surface area contributed by atoms with Crippen LogP contribution >= 0.6 is 11.6 Å². The molecule has 0 aliphatic rings. The fourth-order valence-electron chi connectivity index (χ4n) is 1.31. The standard InChI is InChI=1S/C12H14ClNO2/c1-2-5-16-12-4-3-10(13)6-9(12)7-11(14)8-15/h1,3-4,6,11,15H,5,7-8,14H2. The fraction of sp³-hybridized carbons (Fsp3) is 0.333. The first kappa shape index (κ1) is 12.9. The Kier molecular flexibility index (Phi) is 5.13. The number of aliphatic hydroxyl groups is 1. The van der Waals surface area contributed by atoms with Crippen molar-refractivity contribution in [3.8, 4) is 18.1 Å². The molecule has 3 nitrogen and oxygen atoms in total. The lowest BCUT2D eigenvalue weighted by Crippen LogP contribution is -2.27. The van der Waals surface area contributed by atoms with Crippen LogP contribution in [-0.4, -0.2) is 24.4 Å². The van der Waals surface area contributed by atoms with E-state index >= 15 is 0 Å². The lowest BCUT2D eigenvalue weighted by atomic mass is 10.1. The number of nitrogens with two attached hydrogens (primary N) is 1. The highest BCUT2D eigenvalue weighted by Gasteiger charge is 2.09. The Labute approximate surface area is 100 Å². The summed E-state index contributed by atoms with van der Waals surface area (Å²) >= 11 is 5.88. The second kappa shape index (κ2) is 6.39. The summed E-state index contributed by atoms with van der Waals surface area (Å²) in [5.74, 6) is 3.05. The predicted molar refractivity (Wildman–Crippen MR) is 64.5 cm³/mol. The van der Waals surface area contributed by atoms with Gasteiger partial charge in [-0.2, -0.15) is 0 Å². The Morgan fingerprint density at radius 3 is 2.94 bits per heavy atom. The zero-order valence-corrected chi connectivity index (χ0v) is 9.57. The molecule has 0 saturated carbocycles. The Morgan fingerprint density at radius 2 is 2.31 bits per heavy atom. The summed E-state index contributed by atoms with van der Waals surface area (Å²) in [5.41, 5.74) is 6.51. The molecule has 0 bridgehead atoms. The summed E-state index contributed by atoms with van der Waals surface area (Å²) in [4.78, 5) is 0. The van der Waals surface area contributed by atoms with Gasteiger partial charge in [-0.05, 0) is 30.2 Å². The summed E-state index contributed by atoms with van der Waals surface area (Å²) in [7, 11) is 0. The summed E-state index contributed by atoms with van der Waals surface area (Å²) < 4.78 is 5.35. The largest absolute Gasteiger partial charge is 0.481 e. The number of aliphatic hydroxyl groups excluding tert-OH is 1. The molecule has 4 heteroatoms. The zero-order chi connectivity index (χ0) is 12.0. The number of terminal acetylenes is 1. The van der Waals surface area contributed by atoms with Crippen LogP contribution in [0.1, 0.15) is 5.56 Å². The Morgan fingerprint density at radius 1 is 1.56 bits per heavy atom. The first-order chi connectivity index (χ1) is 7.67. The van der Waals surface area contributed by atoms with Gasteiger partial charge in [0.25, 0.3) is 0 Å². The van der Waals surface area contributed by atoms with Crippen LogP contribution in [0.15, 0.2) is 18.2 Å². The molecule has 0 saturated heterocycles. The Bertz CT molecular complexity index is 387. The van der Waals surface area contributed by atoms with E-state index in [1.54, 1.807) is 18.2 Å². The molecular weight excluding hydrogens is 226 g/mol. The van der Waals surface area contributed by atoms with Crippen LogP contribution < -0.4 is 10.5 Å². The number of rotatable bonds is 5. The summed E-state index contributed by atoms with van der Waals surface area (Å²) in [6.07, 6.45) is 5.61. The number of ether oxygens (including phenoxy) is 1. The van der Waals surface area contributed by atoms with Crippen LogP contribution in [0.4, 0.5) is 0 Å². The molecule has 0 amide bonds. The molecule has 1 atom stereocenters. The van der Waals surface area contributed by atoms with Crippen LogP contribution in [0.5, 0.6) is 5.75 Å². The lowest BCUT2D eigenvalue weighted by Gasteiger charge is -2.13. The maximum atomic E-state index is 8.90. The third-order valence-corrected chi connectivity index (χ3v) is 2.29. The highest BCUT2D eigenvalue weighted by atomic mass is 35.5. The van der Waals surface area contributed by atoms with E-state index < -0.39 is 0 Å². The average Bonchev–Trinajstić information content (AvgIpc) is 2.28. The van der Waals surface area contributed by atoms with E-state index in [0.717, 1.165) is 5.56 Å². The fourth-order valence-corrected chi connectivity index (χ4v) is 1.51. The van der Waals surface area contributed by atoms with Crippen molar-refractivity contribution in [1.82, 2.24) is 0 Å². The molecule has 0 radical (unpaired) electrons. The zero-order valence-electron chi connectivity index (χ0n) is 8.82. The summed E-state index contributed by atoms with van der Waals surface area (Å²) in [5, 5.41) is 9.51. The van der Waals surface area contributed by atoms with Crippen molar-refractivity contribution in [3.63, 3.8) is 0 Å². The van der Waals surface area contributed by atoms with Crippen molar-refractivity contribution < 1.29 is 9.84 Å². The van der Waals surface area contributed by atoms with E-state index in [1.165, 1.54) is 0 Å². The van der Waals surface area contributed by atoms with Gasteiger partial charge >= 0.3 is 0 Å². The molecule has 0 spiro atoms. The minimum Gasteiger partial charge on any atom is -0.481 e. The highest BCUT2D eigenvalue weighted by Crippen LogP contribution is 2.23. The van der Waals surface area contributed by atoms with Crippen molar-refractivity contribution in [2.24, 2.45) is 5.73 Å². The molecule has 1 aromatic rings. The van der Waals surface area contributed by atoms with Gasteiger partial charge in [-0.25, -0.2) is 0 Å². The number of hydrogen-bond donors (Lipinski definition) is 2. The normalized spacial score (nSPS) is 11.9. The average molecular weight is 240 g/mol. The Balaban J connectivity index is 2.85. The van der Waals surface area contributed by atoms with E-state index in [1.807, 2.05) is 0 Å². The van der Waals surface area contributed by atoms with Gasteiger partial charge in [0.2, 0.25) is 0 Å². The maximum Gasteiger partial charge on any atom is 0.148 e. The van der Waals surface area contributed by atoms with Crippen LogP contribution in [0, 0.1) is 12.3 Å². The highest BCUT2D eigenvalue weighted by molar-refractivity contribution is 6.30. The van der Waals surface area contributed by atoms with E-state index in [4.69, 9.17) is 33.6 Å². The maximum absolute atomic E-state index is 8.90. The molecule has 1 aromatic carbocycles. The van der Waals surface area contributed by atoms with E-state index in [9.17, 15) is 0 Å². The Hall–Kier alpha value is -1.21. The molecule has 3 N–H and O–H groups in total. The van der Waals surface area contributed by atoms with Gasteiger partial charge in [-0.15, -0.1) is 6.42 Å². The summed E-state index contributed by atoms with van der Waals surface area (Å²) in [6, 6.07) is 4.91. The number of halogens is 1. The smallest absolute Gasteiger partial charge is 0.148 e. The van der Waals surface area contributed by atoms with Crippen molar-refractivity contribution in [3.05, 3.63) is 28.8 Å². The molecular formula is C12H14ClNO2. The van der Waals surface area contributed by atoms with Crippen molar-refractivity contribution in [2.75, 3.05) is 13.2 Å². The third kappa shape index (κ3) is 3.74. The van der Waals surface area contributed by atoms with E-state index in [0.29, 0.717) is 17.2 Å². The van der Waals surface area contributed by atoms with Gasteiger partial charge in [0.15, 0.2) is 0 Å². The molecule has 1 unspecified atom stereocenters. The first-order valence-corrected chi connectivity index (χ1v) is 5.26. The molecule has 0 aliphatic heterocycles. The quantitative estimate of drug-likeness (QED) is 0.760. The molecule has 0 aliphatic carbocycles. The summed E-state index contributed by atoms with van der Waals surface area (Å²) in [6.45, 7) is 0.115. The second-order valence-corrected chi connectivity index (χ2v) is 3.83. The van der Waals surface area contributed by atoms with Crippen LogP contribution in [0.3, 0.4) is 0 Å². The van der Waals surface area contributed by atoms with Gasteiger partial charge in [-0.1, -0.05) is 17.5 Å². The van der Waals surface area contributed by atoms with Crippen LogP contribution in [-0.2, 0) is 6.42 Å². The molecule has 16 heavy (non-hydrogen) atoms. The SMILES string of the molecule is C#CCOc1ccc(Cl)cc1CC(N)CO. The van der Waals surface area contributed by atoms with E-state index in [2.05, 4.69) is 5.92 Å². The van der Waals surface area contributed by atoms with Gasteiger partial charge in [0, 0.05) is 11.1 Å². The minimum absolute atomic E-state index is 0.0822. The number of benzene rings is 1. The van der Waals surface area contributed by atoms with Gasteiger partial charge in [0.1, 0.15) is 12.4 Å². The first-order valence-electron chi connectivity index (χ1n) is 4.88. The van der Waals surface area contributed by atoms with Crippen LogP contribution in [0.2, 0.25) is 5.02 Å². The van der Waals surface area contributed by atoms with Crippen molar-refractivity contribution in [1.29, 1.82) is 0 Å². The molecule has 86 valence electrons. The van der Waals surface area contributed by atoms with Crippen molar-refractivity contribution in [2.45, 2.75) is 12.5 Å². The molecule has 1 rings (SSSR count). The predicted octanol–water partition coefficient (Wildman–Crippen LogP) is 1.21. The molecule has 0 aromatic heterocycles. The second-order valence-electron chi connectivity index (χ2n) is 3.39. The molecule has 0 fully saturated rings. The van der Waals surface area contributed by atoms with Gasteiger partial charge in [-0.3, -0.25) is 0 Å².